The molecule has 0 aliphatic carbocycles. The van der Waals surface area contributed by atoms with E-state index in [2.05, 4.69) is 10.6 Å². The summed E-state index contributed by atoms with van der Waals surface area (Å²) >= 11 is 5.89. The average Bonchev–Trinajstić information content (AvgIpc) is 2.50. The highest BCUT2D eigenvalue weighted by Gasteiger charge is 2.20. The Bertz CT molecular complexity index is 794. The molecule has 0 aromatic heterocycles. The largest absolute Gasteiger partial charge is 0.399 e. The molecule has 2 rings (SSSR count). The van der Waals surface area contributed by atoms with Gasteiger partial charge in [-0.05, 0) is 24.3 Å². The van der Waals surface area contributed by atoms with Gasteiger partial charge in [0.2, 0.25) is 0 Å². The SMILES string of the molecule is Nc1ccc(NC(=O)C(=O)Nc2ccccc2[N+](=O)[O-])c(Cl)c1. The normalized spacial score (nSPS) is 9.96. The van der Waals surface area contributed by atoms with Crippen LogP contribution in [0, 0.1) is 10.1 Å². The van der Waals surface area contributed by atoms with Gasteiger partial charge in [0.1, 0.15) is 5.69 Å². The number of hydrogen-bond donors (Lipinski definition) is 3. The van der Waals surface area contributed by atoms with Crippen LogP contribution >= 0.6 is 11.6 Å². The number of nitrogens with one attached hydrogen (secondary N) is 2. The zero-order chi connectivity index (χ0) is 17.0. The summed E-state index contributed by atoms with van der Waals surface area (Å²) in [5.41, 5.74) is 5.72. The van der Waals surface area contributed by atoms with Crippen molar-refractivity contribution in [2.75, 3.05) is 16.4 Å². The van der Waals surface area contributed by atoms with Crippen molar-refractivity contribution in [3.8, 4) is 0 Å². The van der Waals surface area contributed by atoms with Crippen LogP contribution in [-0.4, -0.2) is 16.7 Å². The zero-order valence-electron chi connectivity index (χ0n) is 11.6. The number of hydrogen-bond acceptors (Lipinski definition) is 5. The molecular weight excluding hydrogens is 324 g/mol. The highest BCUT2D eigenvalue weighted by molar-refractivity contribution is 6.45. The Kier molecular flexibility index (Phi) is 4.77. The first-order valence-corrected chi connectivity index (χ1v) is 6.67. The third kappa shape index (κ3) is 3.95. The van der Waals surface area contributed by atoms with Crippen molar-refractivity contribution >= 4 is 46.2 Å². The molecule has 2 aromatic carbocycles. The Labute approximate surface area is 135 Å². The van der Waals surface area contributed by atoms with Crippen LogP contribution in [0.25, 0.3) is 0 Å². The van der Waals surface area contributed by atoms with Gasteiger partial charge in [0, 0.05) is 11.8 Å². The molecule has 2 aromatic rings. The maximum atomic E-state index is 11.9. The standard InChI is InChI=1S/C14H11ClN4O4/c15-9-7-8(16)5-6-10(9)17-13(20)14(21)18-11-3-1-2-4-12(11)19(22)23/h1-7H,16H2,(H,17,20)(H,18,21). The predicted molar refractivity (Wildman–Crippen MR) is 86.2 cm³/mol. The molecule has 0 bridgehead atoms. The lowest BCUT2D eigenvalue weighted by Gasteiger charge is -2.08. The Balaban J connectivity index is 2.12. The molecule has 4 N–H and O–H groups in total. The minimum absolute atomic E-state index is 0.0824. The molecule has 0 spiro atoms. The van der Waals surface area contributed by atoms with Gasteiger partial charge < -0.3 is 16.4 Å². The fraction of sp³-hybridized carbons (Fsp3) is 0. The molecule has 23 heavy (non-hydrogen) atoms. The summed E-state index contributed by atoms with van der Waals surface area (Å²) in [5.74, 6) is -2.08. The molecule has 118 valence electrons. The van der Waals surface area contributed by atoms with E-state index < -0.39 is 16.7 Å². The van der Waals surface area contributed by atoms with Crippen LogP contribution in [0.3, 0.4) is 0 Å². The maximum absolute atomic E-state index is 11.9. The fourth-order valence-corrected chi connectivity index (χ4v) is 1.97. The van der Waals surface area contributed by atoms with E-state index in [1.165, 1.54) is 42.5 Å². The van der Waals surface area contributed by atoms with Gasteiger partial charge in [-0.2, -0.15) is 0 Å². The molecule has 0 atom stereocenters. The minimum atomic E-state index is -1.06. The summed E-state index contributed by atoms with van der Waals surface area (Å²) in [4.78, 5) is 33.9. The van der Waals surface area contributed by atoms with Crippen molar-refractivity contribution in [2.24, 2.45) is 0 Å². The molecule has 8 nitrogen and oxygen atoms in total. The number of nitro groups is 1. The molecule has 0 aliphatic heterocycles. The van der Waals surface area contributed by atoms with Crippen LogP contribution in [0.1, 0.15) is 0 Å². The molecule has 0 unspecified atom stereocenters. The molecular formula is C14H11ClN4O4. The van der Waals surface area contributed by atoms with E-state index in [4.69, 9.17) is 17.3 Å². The van der Waals surface area contributed by atoms with E-state index in [1.807, 2.05) is 0 Å². The third-order valence-corrected chi connectivity index (χ3v) is 3.11. The number of benzene rings is 2. The summed E-state index contributed by atoms with van der Waals surface area (Å²) in [6.45, 7) is 0. The first-order chi connectivity index (χ1) is 10.9. The van der Waals surface area contributed by atoms with Gasteiger partial charge in [0.15, 0.2) is 0 Å². The van der Waals surface area contributed by atoms with Crippen molar-refractivity contribution in [3.63, 3.8) is 0 Å². The average molecular weight is 335 g/mol. The molecule has 0 fully saturated rings. The summed E-state index contributed by atoms with van der Waals surface area (Å²) in [6.07, 6.45) is 0. The van der Waals surface area contributed by atoms with E-state index >= 15 is 0 Å². The van der Waals surface area contributed by atoms with E-state index in [0.29, 0.717) is 5.69 Å². The van der Waals surface area contributed by atoms with Gasteiger partial charge in [-0.3, -0.25) is 19.7 Å². The molecule has 0 aliphatic rings. The van der Waals surface area contributed by atoms with Crippen molar-refractivity contribution in [1.82, 2.24) is 0 Å². The second-order valence-corrected chi connectivity index (χ2v) is 4.83. The Morgan fingerprint density at radius 2 is 1.65 bits per heavy atom. The van der Waals surface area contributed by atoms with Crippen LogP contribution in [0.5, 0.6) is 0 Å². The fourth-order valence-electron chi connectivity index (χ4n) is 1.73. The topological polar surface area (TPSA) is 127 Å². The van der Waals surface area contributed by atoms with Gasteiger partial charge in [0.05, 0.1) is 15.6 Å². The number of amides is 2. The second-order valence-electron chi connectivity index (χ2n) is 4.42. The van der Waals surface area contributed by atoms with Crippen molar-refractivity contribution in [2.45, 2.75) is 0 Å². The van der Waals surface area contributed by atoms with Gasteiger partial charge >= 0.3 is 11.8 Å². The number of nitrogen functional groups attached to an aromatic ring is 1. The molecule has 0 heterocycles. The lowest BCUT2D eigenvalue weighted by molar-refractivity contribution is -0.383. The summed E-state index contributed by atoms with van der Waals surface area (Å²) in [6, 6.07) is 9.83. The molecule has 0 radical (unpaired) electrons. The molecule has 0 saturated carbocycles. The highest BCUT2D eigenvalue weighted by atomic mass is 35.5. The number of carbonyl (C=O) groups excluding carboxylic acids is 2. The molecule has 2 amide bonds. The number of nitrogens with zero attached hydrogens (tertiary/aromatic N) is 1. The summed E-state index contributed by atoms with van der Waals surface area (Å²) < 4.78 is 0. The van der Waals surface area contributed by atoms with Gasteiger partial charge in [-0.1, -0.05) is 23.7 Å². The lowest BCUT2D eigenvalue weighted by atomic mass is 10.2. The number of anilines is 3. The van der Waals surface area contributed by atoms with Crippen LogP contribution in [0.4, 0.5) is 22.7 Å². The number of nitrogens with two attached hydrogens (primary N) is 1. The molecule has 0 saturated heterocycles. The van der Waals surface area contributed by atoms with Gasteiger partial charge in [-0.15, -0.1) is 0 Å². The molecule has 9 heteroatoms. The predicted octanol–water partition coefficient (Wildman–Crippen LogP) is 2.41. The monoisotopic (exact) mass is 334 g/mol. The lowest BCUT2D eigenvalue weighted by Crippen LogP contribution is -2.29. The highest BCUT2D eigenvalue weighted by Crippen LogP contribution is 2.25. The Morgan fingerprint density at radius 3 is 2.26 bits per heavy atom. The van der Waals surface area contributed by atoms with Crippen LogP contribution in [0.2, 0.25) is 5.02 Å². The zero-order valence-corrected chi connectivity index (χ0v) is 12.3. The third-order valence-electron chi connectivity index (χ3n) is 2.80. The van der Waals surface area contributed by atoms with Crippen molar-refractivity contribution < 1.29 is 14.5 Å². The van der Waals surface area contributed by atoms with E-state index in [1.54, 1.807) is 0 Å². The maximum Gasteiger partial charge on any atom is 0.314 e. The number of rotatable bonds is 3. The first kappa shape index (κ1) is 16.2. The Hall–Kier alpha value is -3.13. The van der Waals surface area contributed by atoms with E-state index in [-0.39, 0.29) is 22.1 Å². The summed E-state index contributed by atoms with van der Waals surface area (Å²) in [5, 5.41) is 15.5. The number of para-hydroxylation sites is 2. The Morgan fingerprint density at radius 1 is 1.04 bits per heavy atom. The van der Waals surface area contributed by atoms with Crippen LogP contribution in [-0.2, 0) is 9.59 Å². The van der Waals surface area contributed by atoms with Crippen molar-refractivity contribution in [3.05, 3.63) is 57.6 Å². The summed E-state index contributed by atoms with van der Waals surface area (Å²) in [7, 11) is 0. The van der Waals surface area contributed by atoms with E-state index in [0.717, 1.165) is 0 Å². The first-order valence-electron chi connectivity index (χ1n) is 6.29. The van der Waals surface area contributed by atoms with Crippen LogP contribution in [0.15, 0.2) is 42.5 Å². The quantitative estimate of drug-likeness (QED) is 0.344. The van der Waals surface area contributed by atoms with Gasteiger partial charge in [-0.25, -0.2) is 0 Å². The number of halogens is 1. The van der Waals surface area contributed by atoms with Crippen molar-refractivity contribution in [1.29, 1.82) is 0 Å². The second kappa shape index (κ2) is 6.75. The van der Waals surface area contributed by atoms with Crippen LogP contribution < -0.4 is 16.4 Å². The number of nitro benzene ring substituents is 1. The number of carbonyl (C=O) groups is 2. The van der Waals surface area contributed by atoms with E-state index in [9.17, 15) is 19.7 Å². The minimum Gasteiger partial charge on any atom is -0.399 e. The smallest absolute Gasteiger partial charge is 0.314 e. The van der Waals surface area contributed by atoms with Gasteiger partial charge in [0.25, 0.3) is 5.69 Å².